The Morgan fingerprint density at radius 2 is 1.14 bits per heavy atom. The molecular weight excluding hydrogens is 423 g/mol. The quantitative estimate of drug-likeness (QED) is 0.455. The molecular formula is C21H39Cl3O4. The third-order valence-electron chi connectivity index (χ3n) is 1.77. The first kappa shape index (κ1) is 35.1. The number of Topliss-reactive ketones (excluding diaryl/α,β-unsaturated/α-hetero) is 1. The maximum atomic E-state index is 9.44. The predicted molar refractivity (Wildman–Crippen MR) is 124 cm³/mol. The van der Waals surface area contributed by atoms with Crippen LogP contribution in [0.3, 0.4) is 0 Å². The van der Waals surface area contributed by atoms with Crippen LogP contribution in [-0.2, 0) is 9.53 Å². The highest BCUT2D eigenvalue weighted by Crippen LogP contribution is 2.03. The molecule has 1 aromatic carbocycles. The van der Waals surface area contributed by atoms with E-state index >= 15 is 0 Å². The summed E-state index contributed by atoms with van der Waals surface area (Å²) in [4.78, 5) is 9.44. The van der Waals surface area contributed by atoms with Gasteiger partial charge in [0.1, 0.15) is 5.78 Å². The van der Waals surface area contributed by atoms with Gasteiger partial charge < -0.3 is 19.7 Å². The molecule has 0 saturated carbocycles. The molecule has 1 aliphatic heterocycles. The van der Waals surface area contributed by atoms with Gasteiger partial charge in [-0.1, -0.05) is 70.7 Å². The Labute approximate surface area is 187 Å². The van der Waals surface area contributed by atoms with Crippen LogP contribution in [-0.4, -0.2) is 45.7 Å². The van der Waals surface area contributed by atoms with E-state index in [1.807, 2.05) is 18.2 Å². The van der Waals surface area contributed by atoms with Crippen LogP contribution in [0.5, 0.6) is 0 Å². The molecule has 7 heteroatoms. The normalized spacial score (nSPS) is 11.2. The number of ketones is 1. The van der Waals surface area contributed by atoms with Crippen molar-refractivity contribution in [2.45, 2.75) is 77.8 Å². The number of carbonyl (C=O) groups is 1. The lowest BCUT2D eigenvalue weighted by Crippen LogP contribution is -1.85. The van der Waals surface area contributed by atoms with Gasteiger partial charge in [-0.15, -0.1) is 0 Å². The number of benzene rings is 1. The van der Waals surface area contributed by atoms with Crippen LogP contribution in [0.2, 0.25) is 0 Å². The van der Waals surface area contributed by atoms with Crippen molar-refractivity contribution in [3.8, 4) is 0 Å². The lowest BCUT2D eigenvalue weighted by atomic mass is 10.2. The Bertz CT molecular complexity index is 362. The van der Waals surface area contributed by atoms with Crippen molar-refractivity contribution in [3.63, 3.8) is 0 Å². The van der Waals surface area contributed by atoms with E-state index in [4.69, 9.17) is 49.8 Å². The highest BCUT2D eigenvalue weighted by Gasteiger charge is 1.94. The van der Waals surface area contributed by atoms with E-state index in [1.165, 1.54) is 32.3 Å². The second-order valence-electron chi connectivity index (χ2n) is 6.32. The Morgan fingerprint density at radius 3 is 1.25 bits per heavy atom. The van der Waals surface area contributed by atoms with Gasteiger partial charge in [0.2, 0.25) is 0 Å². The Balaban J connectivity index is -0.000000126. The van der Waals surface area contributed by atoms with E-state index in [2.05, 4.69) is 19.1 Å². The molecule has 1 aromatic rings. The van der Waals surface area contributed by atoms with Crippen molar-refractivity contribution < 1.29 is 19.7 Å². The minimum absolute atomic E-state index is 0.167. The van der Waals surface area contributed by atoms with E-state index in [-0.39, 0.29) is 18.0 Å². The van der Waals surface area contributed by atoms with Gasteiger partial charge in [0.05, 0.1) is 0 Å². The second kappa shape index (κ2) is 28.8. The lowest BCUT2D eigenvalue weighted by Gasteiger charge is -1.82. The predicted octanol–water partition coefficient (Wildman–Crippen LogP) is 6.15. The minimum atomic E-state index is -0.750. The molecule has 0 unspecified atom stereocenters. The molecule has 1 fully saturated rings. The fourth-order valence-corrected chi connectivity index (χ4v) is 1.04. The fraction of sp³-hybridized carbons (Fsp3) is 0.667. The first-order valence-electron chi connectivity index (χ1n) is 9.17. The first-order valence-corrected chi connectivity index (χ1v) is 10.5. The number of hydrogen-bond donors (Lipinski definition) is 2. The number of halogens is 3. The highest BCUT2D eigenvalue weighted by atomic mass is 35.6. The molecule has 0 spiro atoms. The number of hydrogen-bond acceptors (Lipinski definition) is 4. The minimum Gasteiger partial charge on any atom is -0.394 e. The standard InChI is InChI=1S/C7H8.C4H8O.2C3H8O.C3H6O.CHCl3/c1-7-5-3-2-4-6-7;1-2-4-5-3-1;3*1-3(2)4;2-1(3)4/h2-6H,1H3;1-4H2;2*3-4H,1-2H3;1-2H3;1H. The van der Waals surface area contributed by atoms with E-state index in [0.29, 0.717) is 0 Å². The van der Waals surface area contributed by atoms with Gasteiger partial charge in [0.25, 0.3) is 0 Å². The average Bonchev–Trinajstić information content (AvgIpc) is 3.04. The van der Waals surface area contributed by atoms with Gasteiger partial charge in [-0.05, 0) is 61.3 Å². The molecule has 0 aromatic heterocycles. The number of ether oxygens (including phenoxy) is 1. The van der Waals surface area contributed by atoms with E-state index in [9.17, 15) is 4.79 Å². The van der Waals surface area contributed by atoms with Gasteiger partial charge in [0.15, 0.2) is 4.30 Å². The molecule has 0 atom stereocenters. The summed E-state index contributed by atoms with van der Waals surface area (Å²) in [5, 5.41) is 16.1. The van der Waals surface area contributed by atoms with E-state index < -0.39 is 4.30 Å². The third kappa shape index (κ3) is 97.4. The van der Waals surface area contributed by atoms with Crippen molar-refractivity contribution in [1.29, 1.82) is 0 Å². The molecule has 0 amide bonds. The zero-order valence-electron chi connectivity index (χ0n) is 18.3. The molecule has 1 saturated heterocycles. The van der Waals surface area contributed by atoms with Gasteiger partial charge >= 0.3 is 0 Å². The van der Waals surface area contributed by atoms with Crippen molar-refractivity contribution in [2.24, 2.45) is 0 Å². The summed E-state index contributed by atoms with van der Waals surface area (Å²) in [5.74, 6) is 0.167. The highest BCUT2D eigenvalue weighted by molar-refractivity contribution is 6.63. The van der Waals surface area contributed by atoms with Gasteiger partial charge in [-0.25, -0.2) is 0 Å². The summed E-state index contributed by atoms with van der Waals surface area (Å²) in [5.41, 5.74) is 1.32. The lowest BCUT2D eigenvalue weighted by molar-refractivity contribution is -0.115. The van der Waals surface area contributed by atoms with Crippen LogP contribution >= 0.6 is 34.8 Å². The number of carbonyl (C=O) groups excluding carboxylic acids is 1. The van der Waals surface area contributed by atoms with E-state index in [0.717, 1.165) is 13.2 Å². The number of alkyl halides is 3. The van der Waals surface area contributed by atoms with Crippen LogP contribution in [0.1, 0.15) is 59.9 Å². The Kier molecular flexibility index (Phi) is 36.2. The maximum Gasteiger partial charge on any atom is 0.180 e. The summed E-state index contributed by atoms with van der Waals surface area (Å²) >= 11 is 14.4. The SMILES string of the molecule is C1CCOC1.CC(C)=O.CC(C)O.CC(C)O.Cc1ccccc1.ClC(Cl)Cl. The zero-order chi connectivity index (χ0) is 23.0. The molecule has 28 heavy (non-hydrogen) atoms. The molecule has 1 heterocycles. The Morgan fingerprint density at radius 1 is 0.893 bits per heavy atom. The largest absolute Gasteiger partial charge is 0.394 e. The van der Waals surface area contributed by atoms with Crippen LogP contribution in [0, 0.1) is 6.92 Å². The van der Waals surface area contributed by atoms with Gasteiger partial charge in [0, 0.05) is 25.4 Å². The summed E-state index contributed by atoms with van der Waals surface area (Å²) in [7, 11) is 0. The van der Waals surface area contributed by atoms with Crippen molar-refractivity contribution in [1.82, 2.24) is 0 Å². The second-order valence-corrected chi connectivity index (χ2v) is 8.30. The van der Waals surface area contributed by atoms with Crippen LogP contribution in [0.15, 0.2) is 30.3 Å². The summed E-state index contributed by atoms with van der Waals surface area (Å²) in [6.45, 7) is 14.0. The molecule has 2 N–H and O–H groups in total. The summed E-state index contributed by atoms with van der Waals surface area (Å²) in [6, 6.07) is 10.3. The number of rotatable bonds is 0. The number of aryl methyl sites for hydroxylation is 1. The summed E-state index contributed by atoms with van der Waals surface area (Å²) < 4.78 is 4.19. The molecule has 4 nitrogen and oxygen atoms in total. The molecule has 0 bridgehead atoms. The molecule has 1 aliphatic rings. The van der Waals surface area contributed by atoms with Gasteiger partial charge in [-0.3, -0.25) is 0 Å². The maximum absolute atomic E-state index is 9.44. The van der Waals surface area contributed by atoms with Crippen molar-refractivity contribution in [2.75, 3.05) is 13.2 Å². The number of aliphatic hydroxyl groups is 2. The van der Waals surface area contributed by atoms with Crippen molar-refractivity contribution >= 4 is 40.6 Å². The van der Waals surface area contributed by atoms with Crippen LogP contribution < -0.4 is 0 Å². The fourth-order valence-electron chi connectivity index (χ4n) is 1.04. The molecule has 0 radical (unpaired) electrons. The monoisotopic (exact) mass is 460 g/mol. The van der Waals surface area contributed by atoms with Crippen molar-refractivity contribution in [3.05, 3.63) is 35.9 Å². The zero-order valence-corrected chi connectivity index (χ0v) is 20.6. The van der Waals surface area contributed by atoms with Gasteiger partial charge in [-0.2, -0.15) is 0 Å². The third-order valence-corrected chi connectivity index (χ3v) is 1.77. The smallest absolute Gasteiger partial charge is 0.180 e. The average molecular weight is 462 g/mol. The molecule has 2 rings (SSSR count). The van der Waals surface area contributed by atoms with Crippen LogP contribution in [0.4, 0.5) is 0 Å². The Hall–Kier alpha value is -0.360. The molecule has 168 valence electrons. The topological polar surface area (TPSA) is 66.8 Å². The molecule has 0 aliphatic carbocycles. The van der Waals surface area contributed by atoms with E-state index in [1.54, 1.807) is 27.7 Å². The summed E-state index contributed by atoms with van der Waals surface area (Å²) in [6.07, 6.45) is 2.22. The van der Waals surface area contributed by atoms with Crippen LogP contribution in [0.25, 0.3) is 0 Å². The first-order chi connectivity index (χ1) is 12.8. The number of aliphatic hydroxyl groups excluding tert-OH is 2.